The normalized spacial score (nSPS) is 14.8. The summed E-state index contributed by atoms with van der Waals surface area (Å²) in [6, 6.07) is 34.3. The van der Waals surface area contributed by atoms with E-state index >= 15 is 0 Å². The van der Waals surface area contributed by atoms with Gasteiger partial charge in [0.05, 0.1) is 0 Å². The molecule has 2 aliphatic rings. The van der Waals surface area contributed by atoms with Crippen LogP contribution in [-0.2, 0) is 31.2 Å². The van der Waals surface area contributed by atoms with Crippen LogP contribution in [0.15, 0.2) is 109 Å². The van der Waals surface area contributed by atoms with Crippen molar-refractivity contribution in [3.8, 4) is 11.1 Å². The molecule has 0 saturated carbocycles. The maximum atomic E-state index is 2.55. The van der Waals surface area contributed by atoms with Crippen LogP contribution in [0.2, 0.25) is 3.63 Å². The van der Waals surface area contributed by atoms with E-state index in [1.54, 1.807) is 21.5 Å². The van der Waals surface area contributed by atoms with Gasteiger partial charge >= 0.3 is 263 Å². The van der Waals surface area contributed by atoms with Gasteiger partial charge in [0.25, 0.3) is 0 Å². The Kier molecular flexibility index (Phi) is 7.86. The summed E-state index contributed by atoms with van der Waals surface area (Å²) in [4.78, 5) is 0. The van der Waals surface area contributed by atoms with E-state index in [-0.39, 0.29) is 10.8 Å². The minimum absolute atomic E-state index is 0.117. The first-order valence-corrected chi connectivity index (χ1v) is 23.5. The predicted molar refractivity (Wildman–Crippen MR) is 181 cm³/mol. The van der Waals surface area contributed by atoms with Gasteiger partial charge in [-0.3, -0.25) is 0 Å². The number of hydrogen-bond donors (Lipinski definition) is 0. The Morgan fingerprint density at radius 1 is 0.548 bits per heavy atom. The van der Waals surface area contributed by atoms with E-state index in [1.807, 2.05) is 0 Å². The maximum absolute atomic E-state index is 2.55. The molecule has 0 spiro atoms. The second-order valence-corrected chi connectivity index (χ2v) is 28.7. The van der Waals surface area contributed by atoms with Gasteiger partial charge in [0.1, 0.15) is 0 Å². The van der Waals surface area contributed by atoms with Crippen LogP contribution in [0.1, 0.15) is 78.5 Å². The summed E-state index contributed by atoms with van der Waals surface area (Å²) < 4.78 is 1.10. The number of allylic oxidation sites excluding steroid dienone is 4. The summed E-state index contributed by atoms with van der Waals surface area (Å²) in [5.74, 6) is 0. The van der Waals surface area contributed by atoms with Gasteiger partial charge in [0, 0.05) is 0 Å². The summed E-state index contributed by atoms with van der Waals surface area (Å²) in [5.41, 5.74) is 11.0. The molecule has 0 aromatic heterocycles. The molecule has 212 valence electrons. The average Bonchev–Trinajstić information content (AvgIpc) is 3.58. The summed E-state index contributed by atoms with van der Waals surface area (Å²) >= 11 is -2.44. The molecule has 2 heteroatoms. The van der Waals surface area contributed by atoms with Crippen molar-refractivity contribution in [2.45, 2.75) is 73.5 Å². The van der Waals surface area contributed by atoms with Crippen molar-refractivity contribution in [2.75, 3.05) is 0 Å². The summed E-state index contributed by atoms with van der Waals surface area (Å²) in [7, 11) is 0. The van der Waals surface area contributed by atoms with Crippen molar-refractivity contribution in [2.24, 2.45) is 0 Å². The van der Waals surface area contributed by atoms with Gasteiger partial charge in [-0.2, -0.15) is 0 Å². The molecule has 4 aromatic carbocycles. The van der Waals surface area contributed by atoms with Crippen LogP contribution in [0.5, 0.6) is 0 Å². The molecule has 0 radical (unpaired) electrons. The molecule has 0 aliphatic heterocycles. The number of aryl methyl sites for hydroxylation is 2. The van der Waals surface area contributed by atoms with Gasteiger partial charge in [0.15, 0.2) is 0 Å². The van der Waals surface area contributed by atoms with Crippen molar-refractivity contribution in [3.63, 3.8) is 0 Å². The van der Waals surface area contributed by atoms with E-state index in [4.69, 9.17) is 0 Å². The Morgan fingerprint density at radius 2 is 0.952 bits per heavy atom. The van der Waals surface area contributed by atoms with E-state index < -0.39 is 25.8 Å². The quantitative estimate of drug-likeness (QED) is 0.195. The van der Waals surface area contributed by atoms with Crippen LogP contribution in [0.4, 0.5) is 0 Å². The second kappa shape index (κ2) is 11.2. The Labute approximate surface area is 261 Å². The van der Waals surface area contributed by atoms with E-state index in [9.17, 15) is 0 Å². The Balaban J connectivity index is 1.71. The Bertz CT molecular complexity index is 1610. The molecule has 0 saturated heterocycles. The summed E-state index contributed by atoms with van der Waals surface area (Å²) in [6.45, 7) is 18.5. The molecular formula is C40H44SiZr. The van der Waals surface area contributed by atoms with Gasteiger partial charge < -0.3 is 0 Å². The SMILES string of the molecule is Cc1ccc([Si](c2ccc(C)cc2)=[Zr]([CH]2C=CC=C2)[CH]2c3ccc(C(C)(C)C)cc3-c3cc(C(C)(C)C)ccc32)cc1. The molecule has 0 amide bonds. The van der Waals surface area contributed by atoms with Crippen LogP contribution < -0.4 is 10.4 Å². The number of fused-ring (bicyclic) bond motifs is 3. The third kappa shape index (κ3) is 5.58. The van der Waals surface area contributed by atoms with Crippen molar-refractivity contribution in [1.29, 1.82) is 0 Å². The number of benzene rings is 4. The molecule has 4 aromatic rings. The zero-order chi connectivity index (χ0) is 29.8. The molecule has 0 heterocycles. The predicted octanol–water partition coefficient (Wildman–Crippen LogP) is 9.31. The van der Waals surface area contributed by atoms with E-state index in [0.717, 1.165) is 0 Å². The fraction of sp³-hybridized carbons (Fsp3) is 0.300. The molecule has 0 N–H and O–H groups in total. The van der Waals surface area contributed by atoms with Crippen molar-refractivity contribution in [3.05, 3.63) is 143 Å². The first-order chi connectivity index (χ1) is 19.9. The molecule has 0 unspecified atom stereocenters. The van der Waals surface area contributed by atoms with Crippen LogP contribution in [-0.4, -0.2) is 5.43 Å². The number of rotatable bonds is 4. The fourth-order valence-corrected chi connectivity index (χ4v) is 29.6. The monoisotopic (exact) mass is 642 g/mol. The second-order valence-electron chi connectivity index (χ2n) is 14.4. The zero-order valence-corrected chi connectivity index (χ0v) is 30.0. The third-order valence-electron chi connectivity index (χ3n) is 9.14. The summed E-state index contributed by atoms with van der Waals surface area (Å²) in [6.07, 6.45) is 9.73. The molecule has 0 nitrogen and oxygen atoms in total. The van der Waals surface area contributed by atoms with E-state index in [0.29, 0.717) is 7.25 Å². The van der Waals surface area contributed by atoms with Crippen LogP contribution >= 0.6 is 0 Å². The van der Waals surface area contributed by atoms with Crippen LogP contribution in [0, 0.1) is 13.8 Å². The van der Waals surface area contributed by atoms with Gasteiger partial charge in [-0.05, 0) is 0 Å². The number of hydrogen-bond acceptors (Lipinski definition) is 0. The van der Waals surface area contributed by atoms with Gasteiger partial charge in [-0.1, -0.05) is 0 Å². The molecule has 2 aliphatic carbocycles. The first kappa shape index (κ1) is 29.5. The Hall–Kier alpha value is -2.54. The average molecular weight is 644 g/mol. The van der Waals surface area contributed by atoms with E-state index in [2.05, 4.69) is 165 Å². The fourth-order valence-electron chi connectivity index (χ4n) is 6.60. The summed E-state index contributed by atoms with van der Waals surface area (Å²) in [5, 5.41) is 3.18. The molecule has 42 heavy (non-hydrogen) atoms. The standard InChI is InChI=1S/C21H25.C14H14Si.C5H5.Zr/c1-20(2,3)16-9-7-14-11-15-8-10-17(21(4,5)6)13-19(15)18(14)12-16;1-11-3-7-13(8-4-11)15-14-9-5-12(2)6-10-14;1-2-4-5-3-1;/h7-13H,1-6H3;3-10H,1-2H3;1-5H;. The molecule has 0 bridgehead atoms. The first-order valence-electron chi connectivity index (χ1n) is 15.4. The molecule has 0 atom stereocenters. The minimum atomic E-state index is -2.44. The molecular weight excluding hydrogens is 600 g/mol. The van der Waals surface area contributed by atoms with Crippen molar-refractivity contribution in [1.82, 2.24) is 0 Å². The molecule has 6 rings (SSSR count). The van der Waals surface area contributed by atoms with Crippen LogP contribution in [0.3, 0.4) is 0 Å². The van der Waals surface area contributed by atoms with Gasteiger partial charge in [0.2, 0.25) is 0 Å². The van der Waals surface area contributed by atoms with Gasteiger partial charge in [-0.15, -0.1) is 0 Å². The zero-order valence-electron chi connectivity index (χ0n) is 26.5. The van der Waals surface area contributed by atoms with Crippen LogP contribution in [0.25, 0.3) is 11.1 Å². The Morgan fingerprint density at radius 3 is 1.33 bits per heavy atom. The van der Waals surface area contributed by atoms with Crippen molar-refractivity contribution < 1.29 is 20.4 Å². The van der Waals surface area contributed by atoms with Gasteiger partial charge in [-0.25, -0.2) is 0 Å². The third-order valence-corrected chi connectivity index (χ3v) is 29.5. The molecule has 0 fully saturated rings. The topological polar surface area (TPSA) is 0 Å². The van der Waals surface area contributed by atoms with E-state index in [1.165, 1.54) is 33.4 Å². The van der Waals surface area contributed by atoms with Crippen molar-refractivity contribution >= 4 is 15.8 Å².